The van der Waals surface area contributed by atoms with Gasteiger partial charge in [0.05, 0.1) is 11.4 Å². The van der Waals surface area contributed by atoms with Crippen LogP contribution in [-0.4, -0.2) is 68.7 Å². The highest BCUT2D eigenvalue weighted by atomic mass is 32.1. The molecule has 0 saturated heterocycles. The van der Waals surface area contributed by atoms with Crippen molar-refractivity contribution >= 4 is 57.4 Å². The van der Waals surface area contributed by atoms with Gasteiger partial charge in [-0.15, -0.1) is 0 Å². The Morgan fingerprint density at radius 2 is 1.37 bits per heavy atom. The van der Waals surface area contributed by atoms with Gasteiger partial charge in [-0.05, 0) is 51.4 Å². The molecule has 3 aromatic rings. The summed E-state index contributed by atoms with van der Waals surface area (Å²) < 4.78 is 7.38. The van der Waals surface area contributed by atoms with Crippen LogP contribution in [-0.2, 0) is 23.7 Å². The molecule has 15 heteroatoms. The Morgan fingerprint density at radius 1 is 0.837 bits per heavy atom. The van der Waals surface area contributed by atoms with Crippen molar-refractivity contribution in [1.82, 2.24) is 29.5 Å². The van der Waals surface area contributed by atoms with E-state index in [1.165, 1.54) is 17.6 Å². The standard InChI is InChI=1S/C28H39N9O5S/c1-7-29-28-17(4)24(35-43-28)27(42)34-19-13-21(37(6)15-19)26(41)31-11-9-23(39)33-18-12-20(36(5)14-18)25(40)30-10-8-22(38)32-16(2)3/h12-16,29H,7-11H2,1-6H3,(H,30,40)(H,31,41)(H,32,38)(H,33,39)(H,34,42). The van der Waals surface area contributed by atoms with Crippen LogP contribution in [0.3, 0.4) is 0 Å². The smallest absolute Gasteiger partial charge is 0.275 e. The lowest BCUT2D eigenvalue weighted by molar-refractivity contribution is -0.121. The van der Waals surface area contributed by atoms with Gasteiger partial charge >= 0.3 is 0 Å². The van der Waals surface area contributed by atoms with Gasteiger partial charge in [-0.2, -0.15) is 4.37 Å². The first-order chi connectivity index (χ1) is 20.4. The number of aryl methyl sites for hydroxylation is 2. The first kappa shape index (κ1) is 32.8. The molecule has 232 valence electrons. The summed E-state index contributed by atoms with van der Waals surface area (Å²) in [5.41, 5.74) is 2.57. The number of amides is 5. The topological polar surface area (TPSA) is 180 Å². The van der Waals surface area contributed by atoms with Crippen molar-refractivity contribution in [3.63, 3.8) is 0 Å². The molecule has 14 nitrogen and oxygen atoms in total. The monoisotopic (exact) mass is 613 g/mol. The molecule has 0 atom stereocenters. The fourth-order valence-electron chi connectivity index (χ4n) is 4.16. The van der Waals surface area contributed by atoms with E-state index < -0.39 is 5.91 Å². The number of hydrogen-bond acceptors (Lipinski definition) is 8. The molecule has 0 aliphatic rings. The molecule has 0 aliphatic heterocycles. The number of nitrogens with one attached hydrogen (secondary N) is 6. The molecule has 43 heavy (non-hydrogen) atoms. The number of carbonyl (C=O) groups excluding carboxylic acids is 5. The Hall–Kier alpha value is -4.66. The minimum Gasteiger partial charge on any atom is -0.376 e. The van der Waals surface area contributed by atoms with Crippen molar-refractivity contribution in [3.8, 4) is 0 Å². The summed E-state index contributed by atoms with van der Waals surface area (Å²) in [4.78, 5) is 62.2. The predicted molar refractivity (Wildman–Crippen MR) is 166 cm³/mol. The van der Waals surface area contributed by atoms with E-state index in [4.69, 9.17) is 0 Å². The molecule has 3 rings (SSSR count). The highest BCUT2D eigenvalue weighted by Crippen LogP contribution is 2.24. The number of anilines is 3. The second-order valence-electron chi connectivity index (χ2n) is 10.2. The Morgan fingerprint density at radius 3 is 1.91 bits per heavy atom. The third-order valence-corrected chi connectivity index (χ3v) is 7.13. The van der Waals surface area contributed by atoms with Gasteiger partial charge in [0.15, 0.2) is 0 Å². The molecule has 3 aromatic heterocycles. The van der Waals surface area contributed by atoms with Gasteiger partial charge in [0.2, 0.25) is 11.8 Å². The maximum atomic E-state index is 12.7. The summed E-state index contributed by atoms with van der Waals surface area (Å²) >= 11 is 1.22. The third-order valence-electron chi connectivity index (χ3n) is 6.22. The number of rotatable bonds is 14. The maximum Gasteiger partial charge on any atom is 0.275 e. The van der Waals surface area contributed by atoms with Crippen molar-refractivity contribution in [3.05, 3.63) is 47.2 Å². The highest BCUT2D eigenvalue weighted by Gasteiger charge is 2.19. The molecule has 6 N–H and O–H groups in total. The fraction of sp³-hybridized carbons (Fsp3) is 0.429. The zero-order valence-corrected chi connectivity index (χ0v) is 26.0. The molecule has 0 spiro atoms. The largest absolute Gasteiger partial charge is 0.376 e. The van der Waals surface area contributed by atoms with E-state index in [-0.39, 0.29) is 55.6 Å². The molecular weight excluding hydrogens is 574 g/mol. The second-order valence-corrected chi connectivity index (χ2v) is 11.0. The molecule has 0 aliphatic carbocycles. The van der Waals surface area contributed by atoms with Gasteiger partial charge in [0, 0.05) is 70.6 Å². The van der Waals surface area contributed by atoms with Gasteiger partial charge in [0.1, 0.15) is 22.1 Å². The average molecular weight is 614 g/mol. The summed E-state index contributed by atoms with van der Waals surface area (Å²) in [6.07, 6.45) is 3.38. The molecule has 0 bridgehead atoms. The molecule has 0 unspecified atom stereocenters. The van der Waals surface area contributed by atoms with E-state index in [0.717, 1.165) is 17.1 Å². The molecule has 5 amide bonds. The molecular formula is C28H39N9O5S. The average Bonchev–Trinajstić information content (AvgIpc) is 3.59. The third kappa shape index (κ3) is 9.16. The fourth-order valence-corrected chi connectivity index (χ4v) is 5.00. The van der Waals surface area contributed by atoms with E-state index in [2.05, 4.69) is 36.3 Å². The van der Waals surface area contributed by atoms with Gasteiger partial charge in [-0.3, -0.25) is 24.0 Å². The van der Waals surface area contributed by atoms with Crippen LogP contribution in [0.4, 0.5) is 16.4 Å². The van der Waals surface area contributed by atoms with E-state index in [9.17, 15) is 24.0 Å². The van der Waals surface area contributed by atoms with E-state index in [1.54, 1.807) is 41.7 Å². The van der Waals surface area contributed by atoms with Crippen LogP contribution in [0.25, 0.3) is 0 Å². The van der Waals surface area contributed by atoms with Gasteiger partial charge in [0.25, 0.3) is 17.7 Å². The first-order valence-electron chi connectivity index (χ1n) is 13.9. The van der Waals surface area contributed by atoms with Crippen molar-refractivity contribution < 1.29 is 24.0 Å². The summed E-state index contributed by atoms with van der Waals surface area (Å²) in [7, 11) is 3.35. The van der Waals surface area contributed by atoms with Crippen LogP contribution in [0, 0.1) is 6.92 Å². The number of nitrogens with zero attached hydrogens (tertiary/aromatic N) is 3. The summed E-state index contributed by atoms with van der Waals surface area (Å²) in [6.45, 7) is 8.48. The van der Waals surface area contributed by atoms with E-state index in [1.807, 2.05) is 27.7 Å². The minimum absolute atomic E-state index is 0.00161. The quantitative estimate of drug-likeness (QED) is 0.161. The Kier molecular flexibility index (Phi) is 11.5. The lowest BCUT2D eigenvalue weighted by Crippen LogP contribution is -2.34. The van der Waals surface area contributed by atoms with E-state index >= 15 is 0 Å². The van der Waals surface area contributed by atoms with Crippen LogP contribution in [0.5, 0.6) is 0 Å². The molecule has 0 fully saturated rings. The lowest BCUT2D eigenvalue weighted by Gasteiger charge is -2.09. The van der Waals surface area contributed by atoms with Crippen LogP contribution in [0.15, 0.2) is 24.5 Å². The first-order valence-corrected chi connectivity index (χ1v) is 14.7. The summed E-state index contributed by atoms with van der Waals surface area (Å²) in [5.74, 6) is -1.65. The van der Waals surface area contributed by atoms with Crippen molar-refractivity contribution in [2.24, 2.45) is 14.1 Å². The number of carbonyl (C=O) groups is 5. The van der Waals surface area contributed by atoms with Crippen LogP contribution >= 0.6 is 11.5 Å². The van der Waals surface area contributed by atoms with Gasteiger partial charge in [-0.25, -0.2) is 0 Å². The Labute approximate surface area is 254 Å². The minimum atomic E-state index is -0.407. The molecule has 0 radical (unpaired) electrons. The molecule has 3 heterocycles. The van der Waals surface area contributed by atoms with Gasteiger partial charge < -0.3 is 41.0 Å². The van der Waals surface area contributed by atoms with Crippen LogP contribution < -0.4 is 31.9 Å². The van der Waals surface area contributed by atoms with Crippen LogP contribution in [0.2, 0.25) is 0 Å². The second kappa shape index (κ2) is 15.0. The number of hydrogen-bond donors (Lipinski definition) is 6. The Bertz CT molecular complexity index is 1490. The van der Waals surface area contributed by atoms with Crippen molar-refractivity contribution in [2.45, 2.75) is 46.6 Å². The number of aromatic nitrogens is 3. The maximum absolute atomic E-state index is 12.7. The van der Waals surface area contributed by atoms with Crippen LogP contribution in [0.1, 0.15) is 70.6 Å². The molecule has 0 saturated carbocycles. The SMILES string of the molecule is CCNc1snc(C(=O)Nc2cc(C(=O)NCCC(=O)Nc3cc(C(=O)NCCC(=O)NC(C)C)n(C)c3)n(C)c2)c1C. The van der Waals surface area contributed by atoms with Crippen molar-refractivity contribution in [2.75, 3.05) is 35.6 Å². The highest BCUT2D eigenvalue weighted by molar-refractivity contribution is 7.10. The van der Waals surface area contributed by atoms with E-state index in [0.29, 0.717) is 28.5 Å². The van der Waals surface area contributed by atoms with Gasteiger partial charge in [-0.1, -0.05) is 0 Å². The predicted octanol–water partition coefficient (Wildman–Crippen LogP) is 2.22. The molecule has 0 aromatic carbocycles. The summed E-state index contributed by atoms with van der Waals surface area (Å²) in [6, 6.07) is 3.11. The zero-order valence-electron chi connectivity index (χ0n) is 25.2. The van der Waals surface area contributed by atoms with Crippen molar-refractivity contribution in [1.29, 1.82) is 0 Å². The Balaban J connectivity index is 1.46. The zero-order chi connectivity index (χ0) is 31.7. The summed E-state index contributed by atoms with van der Waals surface area (Å²) in [5, 5.41) is 17.7. The normalized spacial score (nSPS) is 10.8. The lowest BCUT2D eigenvalue weighted by atomic mass is 10.2.